The second-order valence-electron chi connectivity index (χ2n) is 4.80. The van der Waals surface area contributed by atoms with E-state index in [2.05, 4.69) is 21.2 Å². The number of aliphatic carboxylic acids is 1. The quantitative estimate of drug-likeness (QED) is 0.858. The molecule has 0 unspecified atom stereocenters. The summed E-state index contributed by atoms with van der Waals surface area (Å²) in [4.78, 5) is 23.9. The largest absolute Gasteiger partial charge is 0.496 e. The summed E-state index contributed by atoms with van der Waals surface area (Å²) >= 11 is 3.30. The van der Waals surface area contributed by atoms with E-state index in [4.69, 9.17) is 9.47 Å². The van der Waals surface area contributed by atoms with Crippen LogP contribution < -0.4 is 10.1 Å². The van der Waals surface area contributed by atoms with Crippen LogP contribution >= 0.6 is 15.9 Å². The van der Waals surface area contributed by atoms with Gasteiger partial charge in [-0.15, -0.1) is 0 Å². The van der Waals surface area contributed by atoms with Crippen LogP contribution in [0.15, 0.2) is 22.7 Å². The van der Waals surface area contributed by atoms with Gasteiger partial charge in [-0.1, -0.05) is 15.9 Å². The fourth-order valence-electron chi connectivity index (χ4n) is 2.25. The maximum atomic E-state index is 12.4. The molecule has 7 heteroatoms. The third kappa shape index (κ3) is 3.36. The topological polar surface area (TPSA) is 84.9 Å². The predicted octanol–water partition coefficient (Wildman–Crippen LogP) is 1.82. The van der Waals surface area contributed by atoms with Crippen molar-refractivity contribution in [1.29, 1.82) is 0 Å². The third-order valence-corrected chi connectivity index (χ3v) is 4.01. The van der Waals surface area contributed by atoms with Crippen molar-refractivity contribution in [2.24, 2.45) is 0 Å². The number of hydrogen-bond donors (Lipinski definition) is 2. The van der Waals surface area contributed by atoms with Crippen molar-refractivity contribution in [3.05, 3.63) is 28.2 Å². The molecule has 0 bridgehead atoms. The number of carbonyl (C=O) groups is 2. The number of rotatable bonds is 4. The van der Waals surface area contributed by atoms with Crippen LogP contribution in [0.5, 0.6) is 5.75 Å². The number of benzene rings is 1. The Labute approximate surface area is 130 Å². The zero-order chi connectivity index (χ0) is 15.5. The Kier molecular flexibility index (Phi) is 4.84. The average molecular weight is 358 g/mol. The molecule has 0 spiro atoms. The number of amides is 1. The Balaban J connectivity index is 2.25. The molecule has 1 aliphatic heterocycles. The molecule has 2 N–H and O–H groups in total. The van der Waals surface area contributed by atoms with Gasteiger partial charge in [-0.25, -0.2) is 4.79 Å². The van der Waals surface area contributed by atoms with E-state index in [9.17, 15) is 14.7 Å². The highest BCUT2D eigenvalue weighted by Gasteiger charge is 2.42. The van der Waals surface area contributed by atoms with Gasteiger partial charge in [0, 0.05) is 30.5 Å². The highest BCUT2D eigenvalue weighted by molar-refractivity contribution is 9.10. The van der Waals surface area contributed by atoms with Gasteiger partial charge in [0.25, 0.3) is 5.91 Å². The van der Waals surface area contributed by atoms with Gasteiger partial charge in [-0.2, -0.15) is 0 Å². The first-order valence-electron chi connectivity index (χ1n) is 6.46. The van der Waals surface area contributed by atoms with Crippen molar-refractivity contribution in [3.63, 3.8) is 0 Å². The number of halogens is 1. The molecule has 21 heavy (non-hydrogen) atoms. The summed E-state index contributed by atoms with van der Waals surface area (Å²) in [5.41, 5.74) is -0.985. The van der Waals surface area contributed by atoms with E-state index in [0.29, 0.717) is 24.5 Å². The van der Waals surface area contributed by atoms with Crippen LogP contribution in [0.1, 0.15) is 23.2 Å². The lowest BCUT2D eigenvalue weighted by molar-refractivity contribution is -0.148. The van der Waals surface area contributed by atoms with Gasteiger partial charge < -0.3 is 19.9 Å². The third-order valence-electron chi connectivity index (χ3n) is 3.52. The Bertz CT molecular complexity index is 554. The fourth-order valence-corrected chi connectivity index (χ4v) is 2.59. The van der Waals surface area contributed by atoms with Gasteiger partial charge >= 0.3 is 5.97 Å². The number of hydrogen-bond acceptors (Lipinski definition) is 4. The molecule has 0 atom stereocenters. The highest BCUT2D eigenvalue weighted by Crippen LogP contribution is 2.26. The van der Waals surface area contributed by atoms with Crippen LogP contribution in [0.2, 0.25) is 0 Å². The Morgan fingerprint density at radius 2 is 2.05 bits per heavy atom. The number of methoxy groups -OCH3 is 1. The molecule has 1 fully saturated rings. The minimum absolute atomic E-state index is 0.243. The first kappa shape index (κ1) is 15.8. The molecule has 0 radical (unpaired) electrons. The van der Waals surface area contributed by atoms with Crippen molar-refractivity contribution < 1.29 is 24.2 Å². The lowest BCUT2D eigenvalue weighted by atomic mass is 9.89. The van der Waals surface area contributed by atoms with E-state index >= 15 is 0 Å². The maximum absolute atomic E-state index is 12.4. The fraction of sp³-hybridized carbons (Fsp3) is 0.429. The molecule has 6 nitrogen and oxygen atoms in total. The Hall–Kier alpha value is -1.60. The molecule has 1 aromatic carbocycles. The first-order valence-corrected chi connectivity index (χ1v) is 7.25. The molecule has 114 valence electrons. The zero-order valence-corrected chi connectivity index (χ0v) is 13.1. The first-order chi connectivity index (χ1) is 9.98. The van der Waals surface area contributed by atoms with Gasteiger partial charge in [-0.05, 0) is 18.2 Å². The molecule has 0 aromatic heterocycles. The number of carboxylic acids is 1. The van der Waals surface area contributed by atoms with Gasteiger partial charge in [0.15, 0.2) is 0 Å². The van der Waals surface area contributed by atoms with Gasteiger partial charge in [0.2, 0.25) is 0 Å². The molecule has 1 heterocycles. The molecule has 1 aliphatic rings. The van der Waals surface area contributed by atoms with Crippen molar-refractivity contribution >= 4 is 27.8 Å². The number of carboxylic acid groups (broad SMARTS) is 1. The second-order valence-corrected chi connectivity index (χ2v) is 5.71. The van der Waals surface area contributed by atoms with Gasteiger partial charge in [0.1, 0.15) is 11.3 Å². The second kappa shape index (κ2) is 6.44. The van der Waals surface area contributed by atoms with E-state index in [0.717, 1.165) is 4.47 Å². The van der Waals surface area contributed by atoms with Crippen molar-refractivity contribution in [2.45, 2.75) is 18.4 Å². The standard InChI is InChI=1S/C14H16BrNO5/c1-20-11-8-9(15)2-3-10(11)12(17)16-14(13(18)19)4-6-21-7-5-14/h2-3,8H,4-7H2,1H3,(H,16,17)(H,18,19). The van der Waals surface area contributed by atoms with E-state index in [1.54, 1.807) is 18.2 Å². The van der Waals surface area contributed by atoms with Crippen molar-refractivity contribution in [3.8, 4) is 5.75 Å². The van der Waals surface area contributed by atoms with Crippen LogP contribution in [0.4, 0.5) is 0 Å². The molecular formula is C14H16BrNO5. The van der Waals surface area contributed by atoms with Crippen LogP contribution in [0, 0.1) is 0 Å². The molecule has 2 rings (SSSR count). The van der Waals surface area contributed by atoms with Gasteiger partial charge in [0.05, 0.1) is 12.7 Å². The average Bonchev–Trinajstić information content (AvgIpc) is 2.47. The van der Waals surface area contributed by atoms with E-state index in [-0.39, 0.29) is 12.8 Å². The van der Waals surface area contributed by atoms with E-state index in [1.807, 2.05) is 0 Å². The summed E-state index contributed by atoms with van der Waals surface area (Å²) in [6.45, 7) is 0.619. The van der Waals surface area contributed by atoms with Crippen LogP contribution in [0.25, 0.3) is 0 Å². The van der Waals surface area contributed by atoms with Crippen molar-refractivity contribution in [1.82, 2.24) is 5.32 Å². The number of ether oxygens (including phenoxy) is 2. The Morgan fingerprint density at radius 1 is 1.38 bits per heavy atom. The summed E-state index contributed by atoms with van der Waals surface area (Å²) in [6, 6.07) is 4.95. The summed E-state index contributed by atoms with van der Waals surface area (Å²) in [5.74, 6) is -1.13. The highest BCUT2D eigenvalue weighted by atomic mass is 79.9. The summed E-state index contributed by atoms with van der Waals surface area (Å²) < 4.78 is 11.1. The van der Waals surface area contributed by atoms with Crippen LogP contribution in [-0.4, -0.2) is 42.8 Å². The SMILES string of the molecule is COc1cc(Br)ccc1C(=O)NC1(C(=O)O)CCOCC1. The zero-order valence-electron chi connectivity index (χ0n) is 11.5. The predicted molar refractivity (Wildman–Crippen MR) is 78.6 cm³/mol. The van der Waals surface area contributed by atoms with Crippen LogP contribution in [0.3, 0.4) is 0 Å². The summed E-state index contributed by atoms with van der Waals surface area (Å²) in [6.07, 6.45) is 0.486. The molecule has 1 saturated heterocycles. The summed E-state index contributed by atoms with van der Waals surface area (Å²) in [7, 11) is 1.46. The smallest absolute Gasteiger partial charge is 0.329 e. The number of nitrogens with one attached hydrogen (secondary N) is 1. The number of carbonyl (C=O) groups excluding carboxylic acids is 1. The Morgan fingerprint density at radius 3 is 2.62 bits per heavy atom. The maximum Gasteiger partial charge on any atom is 0.329 e. The molecular weight excluding hydrogens is 342 g/mol. The van der Waals surface area contributed by atoms with Gasteiger partial charge in [-0.3, -0.25) is 4.79 Å². The minimum Gasteiger partial charge on any atom is -0.496 e. The normalized spacial score (nSPS) is 17.0. The van der Waals surface area contributed by atoms with E-state index < -0.39 is 17.4 Å². The molecule has 1 amide bonds. The molecule has 0 aliphatic carbocycles. The van der Waals surface area contributed by atoms with Crippen LogP contribution in [-0.2, 0) is 9.53 Å². The molecule has 1 aromatic rings. The summed E-state index contributed by atoms with van der Waals surface area (Å²) in [5, 5.41) is 12.1. The molecule has 0 saturated carbocycles. The van der Waals surface area contributed by atoms with E-state index in [1.165, 1.54) is 7.11 Å². The lowest BCUT2D eigenvalue weighted by Crippen LogP contribution is -2.57. The van der Waals surface area contributed by atoms with Crippen molar-refractivity contribution in [2.75, 3.05) is 20.3 Å². The minimum atomic E-state index is -1.28. The monoisotopic (exact) mass is 357 g/mol. The lowest BCUT2D eigenvalue weighted by Gasteiger charge is -2.34.